The first-order valence-corrected chi connectivity index (χ1v) is 18.5. The highest BCUT2D eigenvalue weighted by Gasteiger charge is 2.31. The van der Waals surface area contributed by atoms with Crippen molar-refractivity contribution in [3.63, 3.8) is 0 Å². The zero-order valence-electron chi connectivity index (χ0n) is 37.4. The van der Waals surface area contributed by atoms with E-state index >= 15 is 0 Å². The van der Waals surface area contributed by atoms with E-state index in [1.165, 1.54) is 29.6 Å². The Morgan fingerprint density at radius 2 is 0.688 bits per heavy atom. The monoisotopic (exact) mass is 671 g/mol. The first-order chi connectivity index (χ1) is 20.1. The van der Waals surface area contributed by atoms with Crippen molar-refractivity contribution in [2.75, 3.05) is 0 Å². The summed E-state index contributed by atoms with van der Waals surface area (Å²) in [5, 5.41) is 0. The Morgan fingerprint density at radius 3 is 0.792 bits per heavy atom. The molecule has 0 rings (SSSR count). The quantitative estimate of drug-likeness (QED) is 0.160. The Labute approximate surface area is 310 Å². The molecule has 0 aromatic rings. The summed E-state index contributed by atoms with van der Waals surface area (Å²) in [6.45, 7) is 68.2. The maximum Gasteiger partial charge on any atom is 0.106 e. The van der Waals surface area contributed by atoms with Crippen LogP contribution in [0.25, 0.3) is 0 Å². The minimum absolute atomic E-state index is 0. The van der Waals surface area contributed by atoms with E-state index in [-0.39, 0.29) is 18.3 Å². The number of allylic oxidation sites excluding steroid dienone is 4. The number of rotatable bonds is 10. The van der Waals surface area contributed by atoms with Gasteiger partial charge in [0.15, 0.2) is 0 Å². The molecule has 0 bridgehead atoms. The molecule has 0 fully saturated rings. The van der Waals surface area contributed by atoms with Gasteiger partial charge < -0.3 is 0 Å². The van der Waals surface area contributed by atoms with Gasteiger partial charge in [-0.2, -0.15) is 0 Å². The summed E-state index contributed by atoms with van der Waals surface area (Å²) in [4.78, 5) is 0. The molecular formula is C47H95B. The van der Waals surface area contributed by atoms with Crippen LogP contribution >= 0.6 is 0 Å². The Kier molecular flexibility index (Phi) is 25.2. The fraction of sp³-hybridized carbons (Fsp3) is 0.830. The first-order valence-electron chi connectivity index (χ1n) is 18.5. The molecule has 0 aliphatic rings. The van der Waals surface area contributed by atoms with Gasteiger partial charge >= 0.3 is 0 Å². The van der Waals surface area contributed by atoms with E-state index in [0.29, 0.717) is 32.5 Å². The molecule has 0 atom stereocenters. The summed E-state index contributed by atoms with van der Waals surface area (Å²) in [6, 6.07) is 0. The van der Waals surface area contributed by atoms with Crippen molar-refractivity contribution in [2.24, 2.45) is 43.3 Å². The van der Waals surface area contributed by atoms with Gasteiger partial charge in [0.25, 0.3) is 0 Å². The highest BCUT2D eigenvalue weighted by molar-refractivity contribution is 6.21. The fourth-order valence-electron chi connectivity index (χ4n) is 6.31. The van der Waals surface area contributed by atoms with E-state index in [4.69, 9.17) is 7.85 Å². The van der Waals surface area contributed by atoms with Gasteiger partial charge in [-0.05, 0) is 88.8 Å². The van der Waals surface area contributed by atoms with Crippen LogP contribution in [0.4, 0.5) is 0 Å². The second-order valence-corrected chi connectivity index (χ2v) is 23.0. The highest BCUT2D eigenvalue weighted by atomic mass is 14.4. The van der Waals surface area contributed by atoms with Crippen LogP contribution in [0.3, 0.4) is 0 Å². The zero-order chi connectivity index (χ0) is 39.3. The molecule has 0 aliphatic carbocycles. The second kappa shape index (κ2) is 21.4. The van der Waals surface area contributed by atoms with Gasteiger partial charge in [-0.25, -0.2) is 0 Å². The lowest BCUT2D eigenvalue weighted by atomic mass is 9.69. The zero-order valence-corrected chi connectivity index (χ0v) is 37.4. The van der Waals surface area contributed by atoms with Crippen molar-refractivity contribution < 1.29 is 0 Å². The van der Waals surface area contributed by atoms with Crippen molar-refractivity contribution in [3.05, 3.63) is 48.5 Å². The van der Waals surface area contributed by atoms with Crippen LogP contribution in [-0.2, 0) is 0 Å². The van der Waals surface area contributed by atoms with Gasteiger partial charge in [0, 0.05) is 0 Å². The van der Waals surface area contributed by atoms with Crippen molar-refractivity contribution in [2.45, 2.75) is 212 Å². The maximum atomic E-state index is 5.46. The summed E-state index contributed by atoms with van der Waals surface area (Å²) >= 11 is 0. The molecule has 0 aromatic carbocycles. The summed E-state index contributed by atoms with van der Waals surface area (Å²) in [5.74, 6) is 0. The molecule has 0 saturated heterocycles. The van der Waals surface area contributed by atoms with E-state index in [0.717, 1.165) is 37.6 Å². The molecule has 286 valence electrons. The average Bonchev–Trinajstić information content (AvgIpc) is 2.66. The predicted octanol–water partition coefficient (Wildman–Crippen LogP) is 17.0. The molecule has 0 heterocycles. The minimum atomic E-state index is 0. The van der Waals surface area contributed by atoms with E-state index in [9.17, 15) is 0 Å². The van der Waals surface area contributed by atoms with Gasteiger partial charge in [-0.1, -0.05) is 196 Å². The largest absolute Gasteiger partial charge is 0.124 e. The van der Waals surface area contributed by atoms with E-state index in [1.807, 2.05) is 0 Å². The van der Waals surface area contributed by atoms with E-state index < -0.39 is 0 Å². The third-order valence-electron chi connectivity index (χ3n) is 7.84. The molecule has 0 aliphatic heterocycles. The first kappa shape index (κ1) is 56.4. The summed E-state index contributed by atoms with van der Waals surface area (Å²) < 4.78 is 0. The van der Waals surface area contributed by atoms with E-state index in [2.05, 4.69) is 186 Å². The standard InChI is InChI=1S/2C15H30.C8H15B.C8H16.CH4/c2*1-12(10-13(2,3)4)15(8,9)11-14(5,6)7;1-5-8(3,4)6-7(2)9;1-7(2)6-8(3,4)5;/h2*1,10-11H2,2-9H3;2,5-6H2,1,3-4H3;1,6H2,2-5H3;1H4. The Hall–Kier alpha value is -0.975. The molecule has 1 heteroatoms. The molecule has 48 heavy (non-hydrogen) atoms. The molecule has 0 spiro atoms. The topological polar surface area (TPSA) is 0 Å². The normalized spacial score (nSPS) is 12.9. The SMILES string of the molecule is C.C=C(C)CC(C)(C)C.C=C(CC(C)(C)C)C(C)(C)CC(C)(C)C.C=C(CC(C)(C)C)C(C)(C)CC(C)(C)C.[B]C(=C)CC(C)(C)CC. The molecule has 0 nitrogen and oxygen atoms in total. The van der Waals surface area contributed by atoms with Crippen molar-refractivity contribution >= 4 is 7.85 Å². The smallest absolute Gasteiger partial charge is 0.106 e. The third kappa shape index (κ3) is 41.2. The van der Waals surface area contributed by atoms with Gasteiger partial charge in [0.2, 0.25) is 0 Å². The van der Waals surface area contributed by atoms with Crippen LogP contribution in [0, 0.1) is 43.3 Å². The van der Waals surface area contributed by atoms with Crippen LogP contribution in [0.5, 0.6) is 0 Å². The predicted molar refractivity (Wildman–Crippen MR) is 231 cm³/mol. The fourth-order valence-corrected chi connectivity index (χ4v) is 6.31. The lowest BCUT2D eigenvalue weighted by Gasteiger charge is -2.36. The van der Waals surface area contributed by atoms with Crippen LogP contribution in [0.2, 0.25) is 0 Å². The van der Waals surface area contributed by atoms with Crippen molar-refractivity contribution in [3.8, 4) is 0 Å². The van der Waals surface area contributed by atoms with Crippen LogP contribution in [-0.4, -0.2) is 7.85 Å². The van der Waals surface area contributed by atoms with Gasteiger partial charge in [0.05, 0.1) is 0 Å². The third-order valence-corrected chi connectivity index (χ3v) is 7.84. The molecule has 2 radical (unpaired) electrons. The summed E-state index contributed by atoms with van der Waals surface area (Å²) in [7, 11) is 5.46. The average molecular weight is 671 g/mol. The van der Waals surface area contributed by atoms with Gasteiger partial charge in [-0.15, -0.1) is 18.6 Å². The summed E-state index contributed by atoms with van der Waals surface area (Å²) in [6.07, 6.45) is 7.87. The lowest BCUT2D eigenvalue weighted by Crippen LogP contribution is -2.24. The second-order valence-electron chi connectivity index (χ2n) is 23.0. The molecular weight excluding hydrogens is 575 g/mol. The van der Waals surface area contributed by atoms with Gasteiger partial charge in [-0.3, -0.25) is 0 Å². The lowest BCUT2D eigenvalue weighted by molar-refractivity contribution is 0.232. The molecule has 0 unspecified atom stereocenters. The van der Waals surface area contributed by atoms with Crippen LogP contribution in [0.15, 0.2) is 48.5 Å². The highest BCUT2D eigenvalue weighted by Crippen LogP contribution is 2.43. The number of hydrogen-bond acceptors (Lipinski definition) is 0. The van der Waals surface area contributed by atoms with Gasteiger partial charge in [0.1, 0.15) is 7.85 Å². The Morgan fingerprint density at radius 1 is 0.438 bits per heavy atom. The minimum Gasteiger partial charge on any atom is -0.124 e. The number of hydrogen-bond donors (Lipinski definition) is 0. The van der Waals surface area contributed by atoms with Crippen molar-refractivity contribution in [1.82, 2.24) is 0 Å². The van der Waals surface area contributed by atoms with Crippen molar-refractivity contribution in [1.29, 1.82) is 0 Å². The van der Waals surface area contributed by atoms with Crippen LogP contribution in [0.1, 0.15) is 212 Å². The van der Waals surface area contributed by atoms with Crippen LogP contribution < -0.4 is 0 Å². The van der Waals surface area contributed by atoms with E-state index in [1.54, 1.807) is 0 Å². The summed E-state index contributed by atoms with van der Waals surface area (Å²) in [5.41, 5.74) is 7.59. The molecule has 0 amide bonds. The Balaban J connectivity index is -0.000000176. The molecule has 0 saturated carbocycles. The Bertz CT molecular complexity index is 875. The maximum absolute atomic E-state index is 5.46. The molecule has 0 aromatic heterocycles. The molecule has 0 N–H and O–H groups in total.